The quantitative estimate of drug-likeness (QED) is 0.136. The fraction of sp³-hybridized carbons (Fsp3) is 0.800. The van der Waals surface area contributed by atoms with Gasteiger partial charge in [0.1, 0.15) is 0 Å². The zero-order chi connectivity index (χ0) is 22.1. The lowest BCUT2D eigenvalue weighted by atomic mass is 10.0. The molecule has 1 heteroatoms. The van der Waals surface area contributed by atoms with Crippen LogP contribution in [0.15, 0.2) is 36.2 Å². The molecule has 1 nitrogen and oxygen atoms in total. The van der Waals surface area contributed by atoms with Crippen molar-refractivity contribution in [2.75, 3.05) is 0 Å². The fourth-order valence-corrected chi connectivity index (χ4v) is 4.49. The fourth-order valence-electron chi connectivity index (χ4n) is 4.49. The second kappa shape index (κ2) is 23.7. The van der Waals surface area contributed by atoms with Gasteiger partial charge in [-0.2, -0.15) is 0 Å². The third kappa shape index (κ3) is 20.7. The van der Waals surface area contributed by atoms with Gasteiger partial charge in [0.15, 0.2) is 0 Å². The normalized spacial score (nSPS) is 13.3. The lowest BCUT2D eigenvalue weighted by Gasteiger charge is -2.04. The van der Waals surface area contributed by atoms with Gasteiger partial charge >= 0.3 is 0 Å². The van der Waals surface area contributed by atoms with Crippen LogP contribution in [0.25, 0.3) is 0 Å². The summed E-state index contributed by atoms with van der Waals surface area (Å²) in [6.45, 7) is 2.30. The second-order valence-corrected chi connectivity index (χ2v) is 9.68. The molecule has 0 saturated heterocycles. The summed E-state index contributed by atoms with van der Waals surface area (Å²) in [5.41, 5.74) is 1.10. The molecule has 0 aromatic rings. The monoisotopic (exact) mass is 428 g/mol. The maximum Gasteiger partial charge on any atom is 0.0626 e. The van der Waals surface area contributed by atoms with Gasteiger partial charge in [-0.25, -0.2) is 0 Å². The molecule has 1 rings (SSSR count). The van der Waals surface area contributed by atoms with Gasteiger partial charge in [-0.3, -0.25) is 5.32 Å². The van der Waals surface area contributed by atoms with E-state index in [2.05, 4.69) is 30.5 Å². The van der Waals surface area contributed by atoms with Crippen molar-refractivity contribution in [1.82, 2.24) is 5.32 Å². The van der Waals surface area contributed by atoms with E-state index in [0.29, 0.717) is 0 Å². The Bertz CT molecular complexity index is 445. The van der Waals surface area contributed by atoms with Gasteiger partial charge in [-0.1, -0.05) is 148 Å². The maximum atomic E-state index is 4.26. The molecule has 0 spiro atoms. The van der Waals surface area contributed by atoms with E-state index in [1.54, 1.807) is 0 Å². The summed E-state index contributed by atoms with van der Waals surface area (Å²) in [5, 5.41) is 4.26. The zero-order valence-electron chi connectivity index (χ0n) is 21.1. The Morgan fingerprint density at radius 2 is 0.935 bits per heavy atom. The first kappa shape index (κ1) is 28.1. The molecule has 179 valence electrons. The molecule has 0 aromatic heterocycles. The molecular formula is C30H54N. The average molecular weight is 429 g/mol. The SMILES string of the molecule is CCCCCCCCCCCCCCCCCCCCCCCCC=CC1=CC=C[N]1. The van der Waals surface area contributed by atoms with Crippen molar-refractivity contribution in [1.29, 1.82) is 0 Å². The van der Waals surface area contributed by atoms with Gasteiger partial charge in [0.05, 0.1) is 5.70 Å². The first-order chi connectivity index (χ1) is 15.4. The van der Waals surface area contributed by atoms with Crippen LogP contribution in [0.4, 0.5) is 0 Å². The van der Waals surface area contributed by atoms with Crippen LogP contribution in [0.3, 0.4) is 0 Å². The third-order valence-corrected chi connectivity index (χ3v) is 6.59. The molecule has 0 bridgehead atoms. The number of hydrogen-bond acceptors (Lipinski definition) is 0. The first-order valence-corrected chi connectivity index (χ1v) is 14.2. The Balaban J connectivity index is 1.64. The van der Waals surface area contributed by atoms with E-state index in [9.17, 15) is 0 Å². The number of hydrogen-bond donors (Lipinski definition) is 0. The second-order valence-electron chi connectivity index (χ2n) is 9.68. The van der Waals surface area contributed by atoms with E-state index in [-0.39, 0.29) is 0 Å². The average Bonchev–Trinajstić information content (AvgIpc) is 3.30. The van der Waals surface area contributed by atoms with Crippen molar-refractivity contribution in [2.45, 2.75) is 155 Å². The molecule has 1 aliphatic rings. The third-order valence-electron chi connectivity index (χ3n) is 6.59. The highest BCUT2D eigenvalue weighted by Gasteiger charge is 1.96. The smallest absolute Gasteiger partial charge is 0.0626 e. The highest BCUT2D eigenvalue weighted by molar-refractivity contribution is 5.28. The summed E-state index contributed by atoms with van der Waals surface area (Å²) in [6.07, 6.45) is 43.5. The summed E-state index contributed by atoms with van der Waals surface area (Å²) in [7, 11) is 0. The molecule has 0 N–H and O–H groups in total. The van der Waals surface area contributed by atoms with Crippen LogP contribution in [0.2, 0.25) is 0 Å². The minimum Gasteiger partial charge on any atom is -0.257 e. The van der Waals surface area contributed by atoms with Crippen molar-refractivity contribution in [3.05, 3.63) is 36.2 Å². The lowest BCUT2D eigenvalue weighted by Crippen LogP contribution is -1.86. The van der Waals surface area contributed by atoms with Crippen molar-refractivity contribution in [3.8, 4) is 0 Å². The molecule has 0 fully saturated rings. The van der Waals surface area contributed by atoms with Gasteiger partial charge in [-0.15, -0.1) is 0 Å². The molecule has 1 heterocycles. The Labute approximate surface area is 196 Å². The molecule has 0 aromatic carbocycles. The van der Waals surface area contributed by atoms with E-state index in [1.807, 2.05) is 12.3 Å². The highest BCUT2D eigenvalue weighted by atomic mass is 14.9. The predicted molar refractivity (Wildman–Crippen MR) is 140 cm³/mol. The molecule has 31 heavy (non-hydrogen) atoms. The summed E-state index contributed by atoms with van der Waals surface area (Å²) in [6, 6.07) is 0. The molecule has 0 unspecified atom stereocenters. The van der Waals surface area contributed by atoms with Gasteiger partial charge in [0.2, 0.25) is 0 Å². The standard InChI is InChI=1S/C30H54N/c1-2-3-4-5-6-7-8-9-10-11-12-13-14-15-16-17-18-19-20-21-22-23-24-25-27-30-28-26-29-31-30/h25-29H,2-24H2,1H3. The van der Waals surface area contributed by atoms with E-state index >= 15 is 0 Å². The van der Waals surface area contributed by atoms with Crippen LogP contribution in [-0.4, -0.2) is 0 Å². The van der Waals surface area contributed by atoms with Crippen LogP contribution in [-0.2, 0) is 0 Å². The Morgan fingerprint density at radius 1 is 0.548 bits per heavy atom. The van der Waals surface area contributed by atoms with E-state index in [0.717, 1.165) is 5.70 Å². The van der Waals surface area contributed by atoms with E-state index in [1.165, 1.54) is 148 Å². The summed E-state index contributed by atoms with van der Waals surface area (Å²) >= 11 is 0. The van der Waals surface area contributed by atoms with Gasteiger partial charge in [0.25, 0.3) is 0 Å². The number of rotatable bonds is 24. The predicted octanol–water partition coefficient (Wildman–Crippen LogP) is 10.6. The summed E-state index contributed by atoms with van der Waals surface area (Å²) < 4.78 is 0. The number of allylic oxidation sites excluding steroid dienone is 4. The van der Waals surface area contributed by atoms with Gasteiger partial charge in [-0.05, 0) is 31.1 Å². The lowest BCUT2D eigenvalue weighted by molar-refractivity contribution is 0.519. The van der Waals surface area contributed by atoms with Crippen LogP contribution >= 0.6 is 0 Å². The van der Waals surface area contributed by atoms with Crippen LogP contribution in [0, 0.1) is 0 Å². The minimum atomic E-state index is 1.10. The van der Waals surface area contributed by atoms with Crippen molar-refractivity contribution >= 4 is 0 Å². The Morgan fingerprint density at radius 3 is 1.29 bits per heavy atom. The Kier molecular flexibility index (Phi) is 21.4. The Hall–Kier alpha value is -0.980. The van der Waals surface area contributed by atoms with Gasteiger partial charge < -0.3 is 0 Å². The topological polar surface area (TPSA) is 14.1 Å². The summed E-state index contributed by atoms with van der Waals surface area (Å²) in [5.74, 6) is 0. The number of nitrogens with zero attached hydrogens (tertiary/aromatic N) is 1. The summed E-state index contributed by atoms with van der Waals surface area (Å²) in [4.78, 5) is 0. The molecule has 0 aliphatic carbocycles. The first-order valence-electron chi connectivity index (χ1n) is 14.2. The molecular weight excluding hydrogens is 374 g/mol. The van der Waals surface area contributed by atoms with Gasteiger partial charge in [0, 0.05) is 6.20 Å². The van der Waals surface area contributed by atoms with Crippen LogP contribution in [0.5, 0.6) is 0 Å². The molecule has 0 atom stereocenters. The minimum absolute atomic E-state index is 1.10. The maximum absolute atomic E-state index is 4.26. The van der Waals surface area contributed by atoms with Crippen molar-refractivity contribution in [2.24, 2.45) is 0 Å². The molecule has 1 aliphatic heterocycles. The zero-order valence-corrected chi connectivity index (χ0v) is 21.1. The van der Waals surface area contributed by atoms with Crippen molar-refractivity contribution < 1.29 is 0 Å². The van der Waals surface area contributed by atoms with Crippen molar-refractivity contribution in [3.63, 3.8) is 0 Å². The van der Waals surface area contributed by atoms with Crippen LogP contribution in [0.1, 0.15) is 155 Å². The molecule has 0 saturated carbocycles. The van der Waals surface area contributed by atoms with E-state index in [4.69, 9.17) is 0 Å². The van der Waals surface area contributed by atoms with Crippen LogP contribution < -0.4 is 5.32 Å². The number of unbranched alkanes of at least 4 members (excludes halogenated alkanes) is 22. The molecule has 0 amide bonds. The highest BCUT2D eigenvalue weighted by Crippen LogP contribution is 2.15. The van der Waals surface area contributed by atoms with E-state index < -0.39 is 0 Å². The molecule has 1 radical (unpaired) electrons. The largest absolute Gasteiger partial charge is 0.257 e.